The molecule has 2 aromatic rings. The lowest BCUT2D eigenvalue weighted by molar-refractivity contribution is -0.0297. The van der Waals surface area contributed by atoms with E-state index in [4.69, 9.17) is 15.6 Å². The summed E-state index contributed by atoms with van der Waals surface area (Å²) in [6.45, 7) is 1.87. The first-order chi connectivity index (χ1) is 9.63. The standard InChI is InChI=1S/C12H17N5O3/c1-6-9(19)7(2-3-18)20-12(6)17-5-16-8-10(13)14-4-15-11(8)17/h4-7,9,12,18-19H,2-3H2,1H3,(H2,13,14,15)/t6-,7?,9-,12?/m0/s1. The normalized spacial score (nSPS) is 30.1. The summed E-state index contributed by atoms with van der Waals surface area (Å²) in [7, 11) is 0. The molecule has 4 N–H and O–H groups in total. The van der Waals surface area contributed by atoms with Crippen LogP contribution in [0.5, 0.6) is 0 Å². The van der Waals surface area contributed by atoms with Gasteiger partial charge in [-0.1, -0.05) is 6.92 Å². The third-order valence-corrected chi connectivity index (χ3v) is 3.76. The molecular formula is C12H17N5O3. The second-order valence-corrected chi connectivity index (χ2v) is 5.01. The van der Waals surface area contributed by atoms with Crippen molar-refractivity contribution in [3.63, 3.8) is 0 Å². The number of nitrogen functional groups attached to an aromatic ring is 1. The Balaban J connectivity index is 1.97. The van der Waals surface area contributed by atoms with Crippen LogP contribution in [0.25, 0.3) is 11.2 Å². The van der Waals surface area contributed by atoms with E-state index in [1.807, 2.05) is 6.92 Å². The summed E-state index contributed by atoms with van der Waals surface area (Å²) < 4.78 is 7.58. The van der Waals surface area contributed by atoms with E-state index in [9.17, 15) is 5.11 Å². The zero-order valence-electron chi connectivity index (χ0n) is 11.0. The smallest absolute Gasteiger partial charge is 0.167 e. The Hall–Kier alpha value is -1.77. The highest BCUT2D eigenvalue weighted by molar-refractivity contribution is 5.81. The van der Waals surface area contributed by atoms with Crippen molar-refractivity contribution in [2.45, 2.75) is 31.8 Å². The van der Waals surface area contributed by atoms with Gasteiger partial charge in [0.1, 0.15) is 18.1 Å². The van der Waals surface area contributed by atoms with Crippen LogP contribution in [0.4, 0.5) is 5.82 Å². The summed E-state index contributed by atoms with van der Waals surface area (Å²) in [5.41, 5.74) is 6.85. The molecule has 2 unspecified atom stereocenters. The molecule has 0 spiro atoms. The quantitative estimate of drug-likeness (QED) is 0.704. The highest BCUT2D eigenvalue weighted by atomic mass is 16.5. The Morgan fingerprint density at radius 2 is 2.20 bits per heavy atom. The van der Waals surface area contributed by atoms with Crippen molar-refractivity contribution in [3.8, 4) is 0 Å². The summed E-state index contributed by atoms with van der Waals surface area (Å²) in [4.78, 5) is 12.3. The van der Waals surface area contributed by atoms with Gasteiger partial charge in [-0.3, -0.25) is 4.57 Å². The first-order valence-electron chi connectivity index (χ1n) is 6.51. The SMILES string of the molecule is C[C@@H]1C(n2cnc3c(N)ncnc32)OC(CCO)[C@H]1O. The van der Waals surface area contributed by atoms with E-state index >= 15 is 0 Å². The molecule has 8 heteroatoms. The maximum Gasteiger partial charge on any atom is 0.167 e. The van der Waals surface area contributed by atoms with Gasteiger partial charge in [0.2, 0.25) is 0 Å². The molecule has 0 aromatic carbocycles. The molecule has 3 rings (SSSR count). The number of nitrogens with two attached hydrogens (primary N) is 1. The second-order valence-electron chi connectivity index (χ2n) is 5.01. The van der Waals surface area contributed by atoms with Crippen LogP contribution in [-0.2, 0) is 4.74 Å². The van der Waals surface area contributed by atoms with Gasteiger partial charge >= 0.3 is 0 Å². The maximum absolute atomic E-state index is 10.2. The van der Waals surface area contributed by atoms with Crippen molar-refractivity contribution in [2.24, 2.45) is 5.92 Å². The monoisotopic (exact) mass is 279 g/mol. The van der Waals surface area contributed by atoms with Gasteiger partial charge in [0.25, 0.3) is 0 Å². The van der Waals surface area contributed by atoms with E-state index in [0.717, 1.165) is 0 Å². The predicted molar refractivity (Wildman–Crippen MR) is 70.5 cm³/mol. The van der Waals surface area contributed by atoms with E-state index in [0.29, 0.717) is 23.4 Å². The van der Waals surface area contributed by atoms with E-state index in [1.54, 1.807) is 10.9 Å². The van der Waals surface area contributed by atoms with Crippen molar-refractivity contribution < 1.29 is 14.9 Å². The van der Waals surface area contributed by atoms with Crippen LogP contribution >= 0.6 is 0 Å². The number of ether oxygens (including phenoxy) is 1. The van der Waals surface area contributed by atoms with E-state index in [-0.39, 0.29) is 18.8 Å². The highest BCUT2D eigenvalue weighted by Gasteiger charge is 2.42. The molecular weight excluding hydrogens is 262 g/mol. The van der Waals surface area contributed by atoms with Gasteiger partial charge in [0.05, 0.1) is 18.5 Å². The number of nitrogens with zero attached hydrogens (tertiary/aromatic N) is 4. The number of aliphatic hydroxyl groups excluding tert-OH is 2. The minimum absolute atomic E-state index is 0.0268. The summed E-state index contributed by atoms with van der Waals surface area (Å²) in [6.07, 6.45) is 1.94. The van der Waals surface area contributed by atoms with Gasteiger partial charge in [-0.2, -0.15) is 0 Å². The van der Waals surface area contributed by atoms with Crippen molar-refractivity contribution in [1.29, 1.82) is 0 Å². The molecule has 20 heavy (non-hydrogen) atoms. The zero-order valence-corrected chi connectivity index (χ0v) is 11.0. The first kappa shape index (κ1) is 13.2. The van der Waals surface area contributed by atoms with E-state index in [1.165, 1.54) is 6.33 Å². The number of hydrogen-bond acceptors (Lipinski definition) is 7. The molecule has 3 heterocycles. The fourth-order valence-electron chi connectivity index (χ4n) is 2.63. The maximum atomic E-state index is 10.2. The molecule has 108 valence electrons. The van der Waals surface area contributed by atoms with Crippen LogP contribution < -0.4 is 5.73 Å². The number of anilines is 1. The fraction of sp³-hybridized carbons (Fsp3) is 0.583. The van der Waals surface area contributed by atoms with Crippen LogP contribution in [0.15, 0.2) is 12.7 Å². The number of aliphatic hydroxyl groups is 2. The summed E-state index contributed by atoms with van der Waals surface area (Å²) in [5.74, 6) is 0.173. The Kier molecular flexibility index (Phi) is 3.28. The molecule has 1 aliphatic heterocycles. The molecule has 0 radical (unpaired) electrons. The number of hydrogen-bond donors (Lipinski definition) is 3. The minimum atomic E-state index is -0.635. The number of fused-ring (bicyclic) bond motifs is 1. The first-order valence-corrected chi connectivity index (χ1v) is 6.51. The molecule has 1 fully saturated rings. The van der Waals surface area contributed by atoms with Crippen LogP contribution in [-0.4, -0.2) is 48.5 Å². The van der Waals surface area contributed by atoms with Crippen molar-refractivity contribution in [1.82, 2.24) is 19.5 Å². The van der Waals surface area contributed by atoms with E-state index < -0.39 is 12.2 Å². The van der Waals surface area contributed by atoms with Gasteiger partial charge in [-0.15, -0.1) is 0 Å². The Morgan fingerprint density at radius 3 is 2.95 bits per heavy atom. The Labute approximate surface area is 115 Å². The molecule has 1 saturated heterocycles. The third-order valence-electron chi connectivity index (χ3n) is 3.76. The van der Waals surface area contributed by atoms with Crippen LogP contribution in [0.3, 0.4) is 0 Å². The van der Waals surface area contributed by atoms with Crippen LogP contribution in [0.2, 0.25) is 0 Å². The van der Waals surface area contributed by atoms with Gasteiger partial charge in [-0.05, 0) is 6.42 Å². The van der Waals surface area contributed by atoms with Crippen molar-refractivity contribution in [2.75, 3.05) is 12.3 Å². The number of aromatic nitrogens is 4. The highest BCUT2D eigenvalue weighted by Crippen LogP contribution is 2.37. The topological polar surface area (TPSA) is 119 Å². The second kappa shape index (κ2) is 4.97. The minimum Gasteiger partial charge on any atom is -0.396 e. The lowest BCUT2D eigenvalue weighted by Gasteiger charge is -2.17. The molecule has 4 atom stereocenters. The molecule has 8 nitrogen and oxygen atoms in total. The number of imidazole rings is 1. The molecule has 0 saturated carbocycles. The van der Waals surface area contributed by atoms with Crippen molar-refractivity contribution >= 4 is 17.0 Å². The van der Waals surface area contributed by atoms with Gasteiger partial charge in [0.15, 0.2) is 11.5 Å². The molecule has 0 aliphatic carbocycles. The van der Waals surface area contributed by atoms with E-state index in [2.05, 4.69) is 15.0 Å². The molecule has 0 amide bonds. The summed E-state index contributed by atoms with van der Waals surface area (Å²) >= 11 is 0. The average molecular weight is 279 g/mol. The van der Waals surface area contributed by atoms with Gasteiger partial charge in [0, 0.05) is 12.5 Å². The van der Waals surface area contributed by atoms with Crippen LogP contribution in [0, 0.1) is 5.92 Å². The number of rotatable bonds is 3. The van der Waals surface area contributed by atoms with Crippen LogP contribution in [0.1, 0.15) is 19.6 Å². The average Bonchev–Trinajstić information content (AvgIpc) is 2.97. The van der Waals surface area contributed by atoms with Gasteiger partial charge < -0.3 is 20.7 Å². The lowest BCUT2D eigenvalue weighted by atomic mass is 10.0. The Bertz CT molecular complexity index is 616. The fourth-order valence-corrected chi connectivity index (χ4v) is 2.63. The zero-order chi connectivity index (χ0) is 14.3. The largest absolute Gasteiger partial charge is 0.396 e. The molecule has 2 aromatic heterocycles. The lowest BCUT2D eigenvalue weighted by Crippen LogP contribution is -2.26. The summed E-state index contributed by atoms with van der Waals surface area (Å²) in [6, 6.07) is 0. The Morgan fingerprint density at radius 1 is 1.40 bits per heavy atom. The summed E-state index contributed by atoms with van der Waals surface area (Å²) in [5, 5.41) is 19.2. The van der Waals surface area contributed by atoms with Gasteiger partial charge in [-0.25, -0.2) is 15.0 Å². The van der Waals surface area contributed by atoms with Crippen molar-refractivity contribution in [3.05, 3.63) is 12.7 Å². The third kappa shape index (κ3) is 1.92. The molecule has 0 bridgehead atoms. The predicted octanol–water partition coefficient (Wildman–Crippen LogP) is -0.315. The molecule has 1 aliphatic rings.